The van der Waals surface area contributed by atoms with Crippen LogP contribution in [0.3, 0.4) is 0 Å². The molecule has 0 aliphatic heterocycles. The van der Waals surface area contributed by atoms with Crippen LogP contribution in [0.2, 0.25) is 5.02 Å². The second-order valence-electron chi connectivity index (χ2n) is 2.75. The maximum Gasteiger partial charge on any atom is 0.503 e. The van der Waals surface area contributed by atoms with Crippen LogP contribution in [0.4, 0.5) is 10.5 Å². The van der Waals surface area contributed by atoms with Gasteiger partial charge in [0.2, 0.25) is 0 Å². The molecule has 1 rings (SSSR count). The Morgan fingerprint density at radius 3 is 2.25 bits per heavy atom. The van der Waals surface area contributed by atoms with Crippen molar-refractivity contribution in [3.63, 3.8) is 0 Å². The molecule has 1 aromatic rings. The van der Waals surface area contributed by atoms with Crippen LogP contribution in [-0.2, 0) is 0 Å². The van der Waals surface area contributed by atoms with Crippen molar-refractivity contribution in [2.45, 2.75) is 6.92 Å². The molecule has 7 heteroatoms. The van der Waals surface area contributed by atoms with E-state index in [4.69, 9.17) is 38.1 Å². The van der Waals surface area contributed by atoms with Crippen LogP contribution in [0.5, 0.6) is 0 Å². The fraction of sp³-hybridized carbons (Fsp3) is 0.111. The van der Waals surface area contributed by atoms with Crippen LogP contribution >= 0.6 is 11.6 Å². The van der Waals surface area contributed by atoms with Gasteiger partial charge < -0.3 is 21.7 Å². The first-order valence-corrected chi connectivity index (χ1v) is 4.48. The number of benzene rings is 1. The van der Waals surface area contributed by atoms with Gasteiger partial charge in [-0.15, -0.1) is 0 Å². The van der Waals surface area contributed by atoms with Gasteiger partial charge in [0.05, 0.1) is 5.69 Å². The van der Waals surface area contributed by atoms with Gasteiger partial charge in [-0.2, -0.15) is 0 Å². The molecule has 0 aliphatic carbocycles. The van der Waals surface area contributed by atoms with Crippen molar-refractivity contribution < 1.29 is 15.0 Å². The number of carboxylic acid groups (broad SMARTS) is 2. The van der Waals surface area contributed by atoms with Crippen molar-refractivity contribution >= 4 is 29.4 Å². The average Bonchev–Trinajstić information content (AvgIpc) is 2.08. The van der Waals surface area contributed by atoms with E-state index < -0.39 is 6.16 Å². The minimum Gasteiger partial charge on any atom is -0.450 e. The predicted octanol–water partition coefficient (Wildman–Crippen LogP) is 1.78. The highest BCUT2D eigenvalue weighted by Crippen LogP contribution is 2.21. The van der Waals surface area contributed by atoms with E-state index in [2.05, 4.69) is 4.99 Å². The molecule has 0 saturated heterocycles. The summed E-state index contributed by atoms with van der Waals surface area (Å²) in [6, 6.07) is 5.33. The molecule has 0 bridgehead atoms. The Kier molecular flexibility index (Phi) is 5.72. The molecule has 88 valence electrons. The lowest BCUT2D eigenvalue weighted by atomic mass is 10.2. The van der Waals surface area contributed by atoms with E-state index in [-0.39, 0.29) is 5.96 Å². The lowest BCUT2D eigenvalue weighted by Gasteiger charge is -2.00. The number of aliphatic imine (C=N–C) groups is 1. The fourth-order valence-corrected chi connectivity index (χ4v) is 1.11. The van der Waals surface area contributed by atoms with Gasteiger partial charge in [0.1, 0.15) is 0 Å². The molecule has 6 N–H and O–H groups in total. The van der Waals surface area contributed by atoms with Gasteiger partial charge in [-0.3, -0.25) is 0 Å². The Balaban J connectivity index is 0.000000487. The summed E-state index contributed by atoms with van der Waals surface area (Å²) in [5, 5.41) is 14.6. The number of aryl methyl sites for hydroxylation is 1. The topological polar surface area (TPSA) is 122 Å². The minimum atomic E-state index is -1.83. The number of hydrogen-bond donors (Lipinski definition) is 4. The maximum absolute atomic E-state index is 8.56. The largest absolute Gasteiger partial charge is 0.503 e. The minimum absolute atomic E-state index is 0.0559. The van der Waals surface area contributed by atoms with Crippen LogP contribution in [0.1, 0.15) is 5.56 Å². The monoisotopic (exact) mass is 245 g/mol. The average molecular weight is 246 g/mol. The van der Waals surface area contributed by atoms with E-state index in [9.17, 15) is 0 Å². The summed E-state index contributed by atoms with van der Waals surface area (Å²) in [5.41, 5.74) is 12.2. The molecule has 0 amide bonds. The van der Waals surface area contributed by atoms with Crippen LogP contribution in [-0.4, -0.2) is 22.3 Å². The smallest absolute Gasteiger partial charge is 0.450 e. The number of nitrogens with two attached hydrogens (primary N) is 2. The number of rotatable bonds is 1. The third-order valence-electron chi connectivity index (χ3n) is 1.41. The molecule has 6 nitrogen and oxygen atoms in total. The number of halogens is 1. The van der Waals surface area contributed by atoms with Gasteiger partial charge in [0.25, 0.3) is 0 Å². The molecule has 0 atom stereocenters. The summed E-state index contributed by atoms with van der Waals surface area (Å²) in [6.45, 7) is 1.90. The van der Waals surface area contributed by atoms with Crippen molar-refractivity contribution in [1.82, 2.24) is 0 Å². The van der Waals surface area contributed by atoms with Gasteiger partial charge in [-0.25, -0.2) is 9.79 Å². The van der Waals surface area contributed by atoms with Crippen LogP contribution in [0, 0.1) is 6.92 Å². The third kappa shape index (κ3) is 6.50. The molecule has 0 saturated carbocycles. The highest BCUT2D eigenvalue weighted by Gasteiger charge is 1.96. The Bertz CT molecular complexity index is 399. The normalized spacial score (nSPS) is 8.62. The van der Waals surface area contributed by atoms with E-state index >= 15 is 0 Å². The first-order chi connectivity index (χ1) is 7.32. The van der Waals surface area contributed by atoms with Gasteiger partial charge in [-0.05, 0) is 30.7 Å². The van der Waals surface area contributed by atoms with E-state index in [1.54, 1.807) is 12.1 Å². The van der Waals surface area contributed by atoms with Crippen molar-refractivity contribution in [2.24, 2.45) is 16.5 Å². The van der Waals surface area contributed by atoms with Crippen molar-refractivity contribution in [3.05, 3.63) is 28.8 Å². The SMILES string of the molecule is Cc1cc(Cl)ccc1N=C(N)N.O=C(O)O. The molecular formula is C9H12ClN3O3. The van der Waals surface area contributed by atoms with E-state index in [1.807, 2.05) is 13.0 Å². The molecule has 0 fully saturated rings. The lowest BCUT2D eigenvalue weighted by molar-refractivity contribution is 0.137. The standard InChI is InChI=1S/C8H10ClN3.CH2O3/c1-5-4-6(9)2-3-7(5)12-8(10)11;2-1(3)4/h2-4H,1H3,(H4,10,11,12);(H2,2,3,4). The van der Waals surface area contributed by atoms with E-state index in [1.165, 1.54) is 0 Å². The molecule has 16 heavy (non-hydrogen) atoms. The summed E-state index contributed by atoms with van der Waals surface area (Å²) in [7, 11) is 0. The summed E-state index contributed by atoms with van der Waals surface area (Å²) in [6.07, 6.45) is -1.83. The predicted molar refractivity (Wildman–Crippen MR) is 62.3 cm³/mol. The van der Waals surface area contributed by atoms with Crippen LogP contribution in [0.15, 0.2) is 23.2 Å². The number of nitrogens with zero attached hydrogens (tertiary/aromatic N) is 1. The van der Waals surface area contributed by atoms with E-state index in [0.717, 1.165) is 11.3 Å². The Morgan fingerprint density at radius 2 is 1.88 bits per heavy atom. The quantitative estimate of drug-likeness (QED) is 0.444. The second-order valence-corrected chi connectivity index (χ2v) is 3.19. The Morgan fingerprint density at radius 1 is 1.38 bits per heavy atom. The molecule has 0 spiro atoms. The summed E-state index contributed by atoms with van der Waals surface area (Å²) in [5.74, 6) is 0.0559. The highest BCUT2D eigenvalue weighted by atomic mass is 35.5. The van der Waals surface area contributed by atoms with Crippen LogP contribution < -0.4 is 11.5 Å². The van der Waals surface area contributed by atoms with Crippen molar-refractivity contribution in [3.8, 4) is 0 Å². The molecule has 0 unspecified atom stereocenters. The number of carbonyl (C=O) groups is 1. The van der Waals surface area contributed by atoms with Crippen molar-refractivity contribution in [2.75, 3.05) is 0 Å². The number of guanidine groups is 1. The zero-order valence-electron chi connectivity index (χ0n) is 8.51. The second kappa shape index (κ2) is 6.52. The van der Waals surface area contributed by atoms with Crippen molar-refractivity contribution in [1.29, 1.82) is 0 Å². The molecule has 0 heterocycles. The van der Waals surface area contributed by atoms with Gasteiger partial charge in [0, 0.05) is 5.02 Å². The fourth-order valence-electron chi connectivity index (χ4n) is 0.883. The first kappa shape index (κ1) is 14.1. The van der Waals surface area contributed by atoms with Gasteiger partial charge >= 0.3 is 6.16 Å². The van der Waals surface area contributed by atoms with Crippen LogP contribution in [0.25, 0.3) is 0 Å². The van der Waals surface area contributed by atoms with E-state index in [0.29, 0.717) is 5.02 Å². The molecule has 1 aromatic carbocycles. The number of hydrogen-bond acceptors (Lipinski definition) is 2. The van der Waals surface area contributed by atoms with Gasteiger partial charge in [0.15, 0.2) is 5.96 Å². The molecule has 0 radical (unpaired) electrons. The summed E-state index contributed by atoms with van der Waals surface area (Å²) >= 11 is 5.74. The third-order valence-corrected chi connectivity index (χ3v) is 1.64. The summed E-state index contributed by atoms with van der Waals surface area (Å²) in [4.78, 5) is 12.5. The first-order valence-electron chi connectivity index (χ1n) is 4.10. The Hall–Kier alpha value is -1.95. The summed E-state index contributed by atoms with van der Waals surface area (Å²) < 4.78 is 0. The molecule has 0 aromatic heterocycles. The highest BCUT2D eigenvalue weighted by molar-refractivity contribution is 6.30. The lowest BCUT2D eigenvalue weighted by Crippen LogP contribution is -2.21. The zero-order chi connectivity index (χ0) is 12.7. The maximum atomic E-state index is 8.56. The van der Waals surface area contributed by atoms with Gasteiger partial charge in [-0.1, -0.05) is 11.6 Å². The zero-order valence-corrected chi connectivity index (χ0v) is 9.27. The Labute approximate surface area is 97.2 Å². The molecule has 0 aliphatic rings. The molecular weight excluding hydrogens is 234 g/mol.